The molecule has 27 heavy (non-hydrogen) atoms. The lowest BCUT2D eigenvalue weighted by Gasteiger charge is -2.10. The molecule has 7 nitrogen and oxygen atoms in total. The van der Waals surface area contributed by atoms with Crippen LogP contribution in [0.5, 0.6) is 0 Å². The third kappa shape index (κ3) is 17.5. The van der Waals surface area contributed by atoms with Gasteiger partial charge in [-0.15, -0.1) is 0 Å². The number of rotatable bonds is 19. The fraction of sp³-hybridized carbons (Fsp3) is 0.944. The van der Waals surface area contributed by atoms with Gasteiger partial charge in [0.15, 0.2) is 11.4 Å². The summed E-state index contributed by atoms with van der Waals surface area (Å²) in [7, 11) is -4.71. The molecule has 0 amide bonds. The van der Waals surface area contributed by atoms with Crippen molar-refractivity contribution < 1.29 is 33.6 Å². The Morgan fingerprint density at radius 2 is 1.52 bits per heavy atom. The molecule has 0 heterocycles. The Morgan fingerprint density at radius 3 is 2.07 bits per heavy atom. The second kappa shape index (κ2) is 17.8. The number of carbonyl (C=O) groups is 1. The number of unbranched alkanes of at least 4 members (excludes halogenated alkanes) is 7. The highest BCUT2D eigenvalue weighted by atomic mass is 31.1. The summed E-state index contributed by atoms with van der Waals surface area (Å²) in [6.45, 7) is 2.05. The third-order valence-electron chi connectivity index (χ3n) is 4.37. The van der Waals surface area contributed by atoms with E-state index in [2.05, 4.69) is 0 Å². The number of carbonyl (C=O) groups excluding carboxylic acids is 1. The van der Waals surface area contributed by atoms with Crippen LogP contribution in [-0.4, -0.2) is 42.0 Å². The molecule has 0 aliphatic carbocycles. The minimum atomic E-state index is -2.47. The van der Waals surface area contributed by atoms with Crippen LogP contribution in [0.2, 0.25) is 0 Å². The van der Waals surface area contributed by atoms with Gasteiger partial charge in [-0.05, 0) is 39.0 Å². The van der Waals surface area contributed by atoms with Gasteiger partial charge in [0, 0.05) is 13.0 Å². The van der Waals surface area contributed by atoms with Gasteiger partial charge in [-0.1, -0.05) is 41.2 Å². The Morgan fingerprint density at radius 1 is 0.963 bits per heavy atom. The molecule has 0 aliphatic rings. The Labute approximate surface area is 164 Å². The van der Waals surface area contributed by atoms with Crippen LogP contribution in [0.4, 0.5) is 0 Å². The van der Waals surface area contributed by atoms with Crippen LogP contribution in [0.3, 0.4) is 0 Å². The maximum atomic E-state index is 11.8. The summed E-state index contributed by atoms with van der Waals surface area (Å²) in [6.07, 6.45) is 8.27. The normalized spacial score (nSPS) is 14.7. The Hall–Kier alpha value is -0.290. The highest BCUT2D eigenvalue weighted by Crippen LogP contribution is 2.17. The van der Waals surface area contributed by atoms with E-state index < -0.39 is 27.8 Å². The number of aliphatic hydroxyl groups is 1. The quantitative estimate of drug-likeness (QED) is 0.249. The maximum Gasteiger partial charge on any atom is 0.314 e. The van der Waals surface area contributed by atoms with Crippen molar-refractivity contribution in [3.63, 3.8) is 0 Å². The van der Waals surface area contributed by atoms with Crippen molar-refractivity contribution in [1.82, 2.24) is 0 Å². The Kier molecular flexibility index (Phi) is 17.6. The molecular weight excluding hydrogens is 390 g/mol. The zero-order chi connectivity index (χ0) is 20.5. The van der Waals surface area contributed by atoms with E-state index in [1.54, 1.807) is 6.92 Å². The first-order valence-electron chi connectivity index (χ1n) is 9.88. The van der Waals surface area contributed by atoms with Crippen molar-refractivity contribution in [2.45, 2.75) is 89.3 Å². The van der Waals surface area contributed by atoms with Gasteiger partial charge < -0.3 is 19.6 Å². The van der Waals surface area contributed by atoms with E-state index in [-0.39, 0.29) is 18.6 Å². The smallest absolute Gasteiger partial charge is 0.314 e. The molecule has 0 aromatic heterocycles. The third-order valence-corrected chi connectivity index (χ3v) is 5.92. The minimum Gasteiger partial charge on any atom is -0.596 e. The van der Waals surface area contributed by atoms with Crippen LogP contribution in [-0.2, 0) is 18.7 Å². The average molecular weight is 424 g/mol. The number of hydrogen-bond donors (Lipinski definition) is 1. The van der Waals surface area contributed by atoms with Gasteiger partial charge in [0.25, 0.3) is 0 Å². The maximum absolute atomic E-state index is 11.8. The van der Waals surface area contributed by atoms with Crippen molar-refractivity contribution in [3.8, 4) is 0 Å². The standard InChI is InChI=1S/C18H34O7P2/c1-16(27(23)24)15-25-13-10-12-18(20)17(19)11-8-6-4-2-3-5-7-9-14-26(21)22/h16,18,20H,2-15H2,1H3. The lowest BCUT2D eigenvalue weighted by Crippen LogP contribution is -2.21. The predicted molar refractivity (Wildman–Crippen MR) is 102 cm³/mol. The van der Waals surface area contributed by atoms with E-state index in [4.69, 9.17) is 4.74 Å². The molecule has 0 saturated carbocycles. The molecule has 0 aromatic carbocycles. The number of hydrogen-bond acceptors (Lipinski definition) is 7. The lowest BCUT2D eigenvalue weighted by molar-refractivity contribution is -0.167. The molecule has 0 fully saturated rings. The number of ketones is 1. The Balaban J connectivity index is 3.45. The second-order valence-electron chi connectivity index (χ2n) is 6.97. The van der Waals surface area contributed by atoms with Crippen LogP contribution in [0.1, 0.15) is 77.6 Å². The van der Waals surface area contributed by atoms with Crippen molar-refractivity contribution in [3.05, 3.63) is 0 Å². The number of Topliss-reactive ketones (excluding diaryl/α,β-unsaturated/α-hetero) is 1. The monoisotopic (exact) mass is 424 g/mol. The van der Waals surface area contributed by atoms with E-state index in [1.807, 2.05) is 0 Å². The molecule has 0 saturated heterocycles. The van der Waals surface area contributed by atoms with Crippen LogP contribution in [0.15, 0.2) is 0 Å². The SMILES string of the molecule is CC(COCCCC(O)C(=O)CCCCCCCCCC[P+](=O)[O-])[P+](=O)[O-]. The molecule has 4 unspecified atom stereocenters. The van der Waals surface area contributed by atoms with E-state index in [1.165, 1.54) is 0 Å². The highest BCUT2D eigenvalue weighted by molar-refractivity contribution is 7.37. The average Bonchev–Trinajstić information content (AvgIpc) is 2.61. The first kappa shape index (κ1) is 26.7. The van der Waals surface area contributed by atoms with Gasteiger partial charge >= 0.3 is 16.1 Å². The molecule has 0 aromatic rings. The highest BCUT2D eigenvalue weighted by Gasteiger charge is 2.16. The summed E-state index contributed by atoms with van der Waals surface area (Å²) in [5.74, 6) is -0.141. The van der Waals surface area contributed by atoms with Crippen molar-refractivity contribution in [2.24, 2.45) is 0 Å². The zero-order valence-electron chi connectivity index (χ0n) is 16.3. The molecule has 9 heteroatoms. The Bertz CT molecular complexity index is 432. The van der Waals surface area contributed by atoms with E-state index in [0.29, 0.717) is 25.9 Å². The molecule has 0 radical (unpaired) electrons. The van der Waals surface area contributed by atoms with Gasteiger partial charge in [0.2, 0.25) is 0 Å². The summed E-state index contributed by atoms with van der Waals surface area (Å²) in [6, 6.07) is 0. The largest absolute Gasteiger partial charge is 0.596 e. The van der Waals surface area contributed by atoms with Gasteiger partial charge in [0.05, 0.1) is 6.61 Å². The van der Waals surface area contributed by atoms with Crippen LogP contribution in [0.25, 0.3) is 0 Å². The molecule has 158 valence electrons. The van der Waals surface area contributed by atoms with Gasteiger partial charge in [0.1, 0.15) is 12.3 Å². The number of aliphatic hydroxyl groups excluding tert-OH is 1. The summed E-state index contributed by atoms with van der Waals surface area (Å²) in [5.41, 5.74) is -0.518. The van der Waals surface area contributed by atoms with Crippen molar-refractivity contribution >= 4 is 21.8 Å². The fourth-order valence-electron chi connectivity index (χ4n) is 2.62. The van der Waals surface area contributed by atoms with E-state index in [0.717, 1.165) is 51.4 Å². The van der Waals surface area contributed by atoms with E-state index in [9.17, 15) is 28.8 Å². The van der Waals surface area contributed by atoms with Crippen LogP contribution >= 0.6 is 16.1 Å². The topological polar surface area (TPSA) is 127 Å². The molecule has 0 rings (SSSR count). The summed E-state index contributed by atoms with van der Waals surface area (Å²) >= 11 is 0. The van der Waals surface area contributed by atoms with Crippen molar-refractivity contribution in [1.29, 1.82) is 0 Å². The molecule has 1 N–H and O–H groups in total. The van der Waals surface area contributed by atoms with Gasteiger partial charge in [-0.3, -0.25) is 4.79 Å². The summed E-state index contributed by atoms with van der Waals surface area (Å²) < 4.78 is 26.3. The predicted octanol–water partition coefficient (Wildman–Crippen LogP) is 2.82. The lowest BCUT2D eigenvalue weighted by atomic mass is 10.0. The molecular formula is C18H34O7P2. The van der Waals surface area contributed by atoms with Crippen molar-refractivity contribution in [2.75, 3.05) is 19.4 Å². The summed E-state index contributed by atoms with van der Waals surface area (Å²) in [4.78, 5) is 32.9. The molecule has 0 bridgehead atoms. The van der Waals surface area contributed by atoms with Crippen LogP contribution in [0, 0.1) is 0 Å². The number of ether oxygens (including phenoxy) is 1. The van der Waals surface area contributed by atoms with E-state index >= 15 is 0 Å². The first-order valence-corrected chi connectivity index (χ1v) is 12.5. The summed E-state index contributed by atoms with van der Waals surface area (Å²) in [5, 5.41) is 9.83. The van der Waals surface area contributed by atoms with Crippen LogP contribution < -0.4 is 9.79 Å². The second-order valence-corrected chi connectivity index (χ2v) is 9.53. The van der Waals surface area contributed by atoms with Gasteiger partial charge in [-0.2, -0.15) is 0 Å². The molecule has 0 spiro atoms. The molecule has 0 aliphatic heterocycles. The zero-order valence-corrected chi connectivity index (χ0v) is 18.1. The minimum absolute atomic E-state index is 0.140. The first-order chi connectivity index (χ1) is 12.8. The fourth-order valence-corrected chi connectivity index (χ4v) is 3.33. The molecule has 4 atom stereocenters. The van der Waals surface area contributed by atoms with Gasteiger partial charge in [-0.25, -0.2) is 0 Å².